The normalized spacial score (nSPS) is 11.6. The number of benzene rings is 12. The lowest BCUT2D eigenvalue weighted by Gasteiger charge is -2.33. The van der Waals surface area contributed by atoms with E-state index in [1.165, 1.54) is 16.7 Å². The predicted octanol–water partition coefficient (Wildman–Crippen LogP) is 20.1. The fourth-order valence-electron chi connectivity index (χ4n) is 10.9. The highest BCUT2D eigenvalue weighted by molar-refractivity contribution is 6.12. The summed E-state index contributed by atoms with van der Waals surface area (Å²) in [5.74, 6) is 1.59. The second kappa shape index (κ2) is 18.1. The first-order valence-electron chi connectivity index (χ1n) is 25.1. The van der Waals surface area contributed by atoms with Gasteiger partial charge in [-0.2, -0.15) is 0 Å². The molecular formula is C70H46N2O2. The van der Waals surface area contributed by atoms with E-state index >= 15 is 0 Å². The van der Waals surface area contributed by atoms with Crippen LogP contribution in [0.25, 0.3) is 88.3 Å². The number of rotatable bonds is 10. The smallest absolute Gasteiger partial charge is 0.159 e. The molecule has 4 nitrogen and oxygen atoms in total. The largest absolute Gasteiger partial charge is 0.455 e. The van der Waals surface area contributed by atoms with E-state index in [0.717, 1.165) is 117 Å². The van der Waals surface area contributed by atoms with Gasteiger partial charge in [0.2, 0.25) is 0 Å². The van der Waals surface area contributed by atoms with Crippen molar-refractivity contribution in [2.45, 2.75) is 0 Å². The fraction of sp³-hybridized carbons (Fsp3) is 0. The maximum atomic E-state index is 7.40. The van der Waals surface area contributed by atoms with Gasteiger partial charge in [0.15, 0.2) is 5.75 Å². The molecule has 348 valence electrons. The van der Waals surface area contributed by atoms with Crippen molar-refractivity contribution < 1.29 is 9.15 Å². The van der Waals surface area contributed by atoms with Crippen LogP contribution in [0.2, 0.25) is 0 Å². The first-order valence-corrected chi connectivity index (χ1v) is 25.1. The lowest BCUT2D eigenvalue weighted by molar-refractivity contribution is 0.488. The van der Waals surface area contributed by atoms with E-state index in [4.69, 9.17) is 9.15 Å². The highest BCUT2D eigenvalue weighted by Gasteiger charge is 2.30. The number of ether oxygens (including phenoxy) is 1. The predicted molar refractivity (Wildman–Crippen MR) is 308 cm³/mol. The van der Waals surface area contributed by atoms with Gasteiger partial charge in [-0.3, -0.25) is 0 Å². The Morgan fingerprint density at radius 2 is 0.730 bits per heavy atom. The summed E-state index contributed by atoms with van der Waals surface area (Å²) in [5.41, 5.74) is 19.1. The average molecular weight is 947 g/mol. The molecule has 2 heterocycles. The molecule has 0 bridgehead atoms. The van der Waals surface area contributed by atoms with Crippen molar-refractivity contribution in [2.75, 3.05) is 9.80 Å². The van der Waals surface area contributed by atoms with Gasteiger partial charge in [0.1, 0.15) is 16.9 Å². The van der Waals surface area contributed by atoms with Crippen LogP contribution in [0.15, 0.2) is 283 Å². The Morgan fingerprint density at radius 3 is 1.30 bits per heavy atom. The molecule has 0 amide bonds. The summed E-state index contributed by atoms with van der Waals surface area (Å²) in [6.07, 6.45) is 0. The first kappa shape index (κ1) is 42.9. The summed E-state index contributed by atoms with van der Waals surface area (Å²) >= 11 is 0. The topological polar surface area (TPSA) is 28.9 Å². The Labute approximate surface area is 429 Å². The van der Waals surface area contributed by atoms with Gasteiger partial charge < -0.3 is 19.0 Å². The molecule has 12 aromatic carbocycles. The van der Waals surface area contributed by atoms with Crippen LogP contribution in [0.1, 0.15) is 0 Å². The monoisotopic (exact) mass is 946 g/mol. The van der Waals surface area contributed by atoms with Crippen molar-refractivity contribution in [1.82, 2.24) is 0 Å². The van der Waals surface area contributed by atoms with Gasteiger partial charge in [-0.25, -0.2) is 0 Å². The minimum atomic E-state index is 0.787. The Bertz CT molecular complexity index is 4090. The minimum absolute atomic E-state index is 0.787. The molecule has 0 atom stereocenters. The highest BCUT2D eigenvalue weighted by Crippen LogP contribution is 2.57. The van der Waals surface area contributed by atoms with Crippen molar-refractivity contribution in [3.05, 3.63) is 279 Å². The summed E-state index contributed by atoms with van der Waals surface area (Å²) in [7, 11) is 0. The van der Waals surface area contributed by atoms with E-state index in [2.05, 4.69) is 277 Å². The van der Waals surface area contributed by atoms with Crippen LogP contribution < -0.4 is 14.5 Å². The SMILES string of the molecule is c1ccc(-c2ccc(N(c3ccc(-c4ccccc4)cc3)c3cccc4c3-c3cccc5ccc(N(c6ccc(-c7ccccc7)cc6)c6ccc(-c7cccc8c7oc7ccccc78)cc6)c(c35)O4)cc2)cc1. The standard InChI is InChI=1S/C70H46N2O2/c1-4-15-47(16-5-1)50-29-38-55(39-30-50)71(56-40-31-51(32-41-56)48-17-6-2-7-18-48)63-26-14-28-66-68(63)62-25-12-21-54-37-46-64(70(74-66)67(54)62)72(57-42-33-52(34-43-57)49-19-8-3-9-20-49)58-44-35-53(36-45-58)59-23-13-24-61-60-22-10-11-27-65(60)73-69(59)61/h1-46H. The van der Waals surface area contributed by atoms with Crippen LogP contribution in [0.4, 0.5) is 34.1 Å². The summed E-state index contributed by atoms with van der Waals surface area (Å²) < 4.78 is 13.9. The molecule has 1 aromatic heterocycles. The van der Waals surface area contributed by atoms with Crippen LogP contribution in [0.3, 0.4) is 0 Å². The van der Waals surface area contributed by atoms with Crippen molar-refractivity contribution in [1.29, 1.82) is 0 Å². The maximum Gasteiger partial charge on any atom is 0.159 e. The first-order chi connectivity index (χ1) is 36.7. The number of hydrogen-bond acceptors (Lipinski definition) is 4. The molecule has 0 aliphatic carbocycles. The van der Waals surface area contributed by atoms with Crippen molar-refractivity contribution >= 4 is 66.8 Å². The molecule has 0 radical (unpaired) electrons. The zero-order chi connectivity index (χ0) is 49.0. The molecule has 1 aliphatic heterocycles. The Balaban J connectivity index is 0.920. The Kier molecular flexibility index (Phi) is 10.5. The Hall–Kier alpha value is -9.90. The number of anilines is 6. The number of hydrogen-bond donors (Lipinski definition) is 0. The van der Waals surface area contributed by atoms with Crippen molar-refractivity contribution in [3.8, 4) is 67.1 Å². The van der Waals surface area contributed by atoms with Gasteiger partial charge in [-0.1, -0.05) is 206 Å². The zero-order valence-electron chi connectivity index (χ0n) is 40.3. The van der Waals surface area contributed by atoms with Gasteiger partial charge in [-0.05, 0) is 123 Å². The number of furan rings is 1. The van der Waals surface area contributed by atoms with Crippen LogP contribution in [-0.2, 0) is 0 Å². The van der Waals surface area contributed by atoms with Crippen molar-refractivity contribution in [2.24, 2.45) is 0 Å². The van der Waals surface area contributed by atoms with Gasteiger partial charge in [0.05, 0.1) is 11.4 Å². The lowest BCUT2D eigenvalue weighted by atomic mass is 9.91. The molecule has 14 rings (SSSR count). The molecule has 74 heavy (non-hydrogen) atoms. The van der Waals surface area contributed by atoms with E-state index in [1.54, 1.807) is 0 Å². The second-order valence-corrected chi connectivity index (χ2v) is 18.8. The number of fused-ring (bicyclic) bond motifs is 5. The van der Waals surface area contributed by atoms with E-state index < -0.39 is 0 Å². The van der Waals surface area contributed by atoms with E-state index in [0.29, 0.717) is 0 Å². The van der Waals surface area contributed by atoms with Gasteiger partial charge in [0, 0.05) is 50.0 Å². The zero-order valence-corrected chi connectivity index (χ0v) is 40.3. The molecule has 1 aliphatic rings. The molecule has 0 fully saturated rings. The quantitative estimate of drug-likeness (QED) is 0.137. The van der Waals surface area contributed by atoms with Crippen LogP contribution >= 0.6 is 0 Å². The summed E-state index contributed by atoms with van der Waals surface area (Å²) in [6.45, 7) is 0. The summed E-state index contributed by atoms with van der Waals surface area (Å²) in [4.78, 5) is 4.70. The summed E-state index contributed by atoms with van der Waals surface area (Å²) in [6, 6.07) is 99.3. The number of para-hydroxylation sites is 2. The van der Waals surface area contributed by atoms with E-state index in [9.17, 15) is 0 Å². The van der Waals surface area contributed by atoms with Gasteiger partial charge in [-0.15, -0.1) is 0 Å². The molecular weight excluding hydrogens is 901 g/mol. The van der Waals surface area contributed by atoms with Crippen LogP contribution in [0, 0.1) is 0 Å². The third-order valence-corrected chi connectivity index (χ3v) is 14.5. The third-order valence-electron chi connectivity index (χ3n) is 14.5. The molecule has 0 saturated heterocycles. The fourth-order valence-corrected chi connectivity index (χ4v) is 10.9. The summed E-state index contributed by atoms with van der Waals surface area (Å²) in [5, 5.41) is 4.38. The van der Waals surface area contributed by atoms with Gasteiger partial charge >= 0.3 is 0 Å². The van der Waals surface area contributed by atoms with E-state index in [1.807, 2.05) is 12.1 Å². The lowest BCUT2D eigenvalue weighted by Crippen LogP contribution is -2.14. The van der Waals surface area contributed by atoms with Crippen LogP contribution in [0.5, 0.6) is 11.5 Å². The molecule has 0 unspecified atom stereocenters. The van der Waals surface area contributed by atoms with Gasteiger partial charge in [0.25, 0.3) is 0 Å². The highest BCUT2D eigenvalue weighted by atomic mass is 16.5. The molecule has 13 aromatic rings. The third kappa shape index (κ3) is 7.48. The molecule has 0 spiro atoms. The molecule has 0 N–H and O–H groups in total. The van der Waals surface area contributed by atoms with E-state index in [-0.39, 0.29) is 0 Å². The average Bonchev–Trinajstić information content (AvgIpc) is 3.89. The van der Waals surface area contributed by atoms with Crippen LogP contribution in [-0.4, -0.2) is 0 Å². The molecule has 4 heteroatoms. The molecule has 0 saturated carbocycles. The number of nitrogens with zero attached hydrogens (tertiary/aromatic N) is 2. The second-order valence-electron chi connectivity index (χ2n) is 18.8. The maximum absolute atomic E-state index is 7.40. The Morgan fingerprint density at radius 1 is 0.284 bits per heavy atom. The minimum Gasteiger partial charge on any atom is -0.455 e. The van der Waals surface area contributed by atoms with Crippen molar-refractivity contribution in [3.63, 3.8) is 0 Å².